The predicted octanol–water partition coefficient (Wildman–Crippen LogP) is 2.64. The number of benzene rings is 1. The van der Waals surface area contributed by atoms with Crippen molar-refractivity contribution in [1.82, 2.24) is 5.32 Å². The Kier molecular flexibility index (Phi) is 4.04. The molecule has 0 saturated carbocycles. The molecule has 1 N–H and O–H groups in total. The summed E-state index contributed by atoms with van der Waals surface area (Å²) in [5, 5.41) is 2.78. The van der Waals surface area contributed by atoms with Crippen LogP contribution in [0.25, 0.3) is 0 Å². The third-order valence-electron chi connectivity index (χ3n) is 1.66. The van der Waals surface area contributed by atoms with Crippen LogP contribution in [0.5, 0.6) is 0 Å². The molecular weight excluding hydrogens is 272 g/mol. The predicted molar refractivity (Wildman–Crippen MR) is 57.4 cm³/mol. The van der Waals surface area contributed by atoms with Gasteiger partial charge >= 0.3 is 0 Å². The number of rotatable bonds is 3. The van der Waals surface area contributed by atoms with Gasteiger partial charge in [0.25, 0.3) is 0 Å². The molecule has 0 spiro atoms. The minimum atomic E-state index is -0.613. The molecule has 0 fully saturated rings. The quantitative estimate of drug-likeness (QED) is 0.681. The zero-order chi connectivity index (χ0) is 10.7. The first kappa shape index (κ1) is 11.6. The summed E-state index contributed by atoms with van der Waals surface area (Å²) in [6.07, 6.45) is 0. The van der Waals surface area contributed by atoms with Crippen LogP contribution in [0.15, 0.2) is 16.6 Å². The molecule has 0 saturated heterocycles. The molecule has 0 aliphatic heterocycles. The van der Waals surface area contributed by atoms with E-state index in [4.69, 9.17) is 11.6 Å². The monoisotopic (exact) mass is 279 g/mol. The summed E-state index contributed by atoms with van der Waals surface area (Å²) < 4.78 is 13.7. The van der Waals surface area contributed by atoms with Gasteiger partial charge in [-0.15, -0.1) is 0 Å². The molecule has 0 bridgehead atoms. The number of hydrogen-bond donors (Lipinski definition) is 1. The normalized spacial score (nSPS) is 10.3. The number of Topliss-reactive ketones (excluding diaryl/α,β-unsaturated/α-hetero) is 1. The number of halogens is 3. The largest absolute Gasteiger partial charge is 0.313 e. The topological polar surface area (TPSA) is 29.1 Å². The summed E-state index contributed by atoms with van der Waals surface area (Å²) in [5.41, 5.74) is -0.0737. The van der Waals surface area contributed by atoms with Crippen LogP contribution in [0.1, 0.15) is 10.4 Å². The first-order valence-corrected chi connectivity index (χ1v) is 5.06. The van der Waals surface area contributed by atoms with Gasteiger partial charge in [-0.05, 0) is 35.1 Å². The highest BCUT2D eigenvalue weighted by molar-refractivity contribution is 9.10. The van der Waals surface area contributed by atoms with E-state index in [1.165, 1.54) is 12.1 Å². The molecule has 1 aromatic carbocycles. The molecule has 0 atom stereocenters. The number of carbonyl (C=O) groups is 1. The Morgan fingerprint density at radius 2 is 2.29 bits per heavy atom. The van der Waals surface area contributed by atoms with Gasteiger partial charge in [0.15, 0.2) is 5.78 Å². The van der Waals surface area contributed by atoms with Crippen LogP contribution in [-0.2, 0) is 0 Å². The van der Waals surface area contributed by atoms with Crippen LogP contribution in [-0.4, -0.2) is 19.4 Å². The summed E-state index contributed by atoms with van der Waals surface area (Å²) in [5.74, 6) is -0.978. The van der Waals surface area contributed by atoms with E-state index in [1.807, 2.05) is 0 Å². The Balaban J connectivity index is 3.18. The van der Waals surface area contributed by atoms with E-state index in [0.29, 0.717) is 0 Å². The van der Waals surface area contributed by atoms with Gasteiger partial charge in [-0.1, -0.05) is 11.6 Å². The van der Waals surface area contributed by atoms with Crippen LogP contribution in [0.3, 0.4) is 0 Å². The Hall–Kier alpha value is -0.450. The maximum atomic E-state index is 13.5. The van der Waals surface area contributed by atoms with E-state index in [0.717, 1.165) is 0 Å². The summed E-state index contributed by atoms with van der Waals surface area (Å²) in [6.45, 7) is 0.0626. The Morgan fingerprint density at radius 3 is 2.86 bits per heavy atom. The van der Waals surface area contributed by atoms with Crippen molar-refractivity contribution in [3.63, 3.8) is 0 Å². The smallest absolute Gasteiger partial charge is 0.181 e. The lowest BCUT2D eigenvalue weighted by Crippen LogP contribution is -2.20. The fourth-order valence-electron chi connectivity index (χ4n) is 1.03. The summed E-state index contributed by atoms with van der Waals surface area (Å²) in [6, 6.07) is 2.95. The molecule has 2 nitrogen and oxygen atoms in total. The van der Waals surface area contributed by atoms with Gasteiger partial charge < -0.3 is 5.32 Å². The van der Waals surface area contributed by atoms with E-state index in [9.17, 15) is 9.18 Å². The Labute approximate surface area is 94.6 Å². The third kappa shape index (κ3) is 2.32. The number of hydrogen-bond acceptors (Lipinski definition) is 2. The fourth-order valence-corrected chi connectivity index (χ4v) is 1.61. The number of likely N-dealkylation sites (N-methyl/N-ethyl adjacent to an activating group) is 1. The van der Waals surface area contributed by atoms with E-state index in [2.05, 4.69) is 21.2 Å². The van der Waals surface area contributed by atoms with Gasteiger partial charge in [-0.25, -0.2) is 4.39 Å². The molecule has 0 aliphatic carbocycles. The van der Waals surface area contributed by atoms with Crippen LogP contribution in [0, 0.1) is 5.82 Å². The maximum Gasteiger partial charge on any atom is 0.181 e. The fraction of sp³-hybridized carbons (Fsp3) is 0.222. The van der Waals surface area contributed by atoms with E-state index >= 15 is 0 Å². The number of nitrogens with one attached hydrogen (secondary N) is 1. The summed E-state index contributed by atoms with van der Waals surface area (Å²) >= 11 is 8.72. The van der Waals surface area contributed by atoms with Crippen molar-refractivity contribution in [2.45, 2.75) is 0 Å². The highest BCUT2D eigenvalue weighted by Gasteiger charge is 2.17. The molecule has 0 heterocycles. The highest BCUT2D eigenvalue weighted by atomic mass is 79.9. The molecule has 1 rings (SSSR count). The standard InChI is InChI=1S/C9H8BrClFNO/c1-13-4-7(14)8-6(11)3-2-5(10)9(8)12/h2-3,13H,4H2,1H3. The van der Waals surface area contributed by atoms with Gasteiger partial charge in [0.1, 0.15) is 5.82 Å². The second-order valence-electron chi connectivity index (χ2n) is 2.67. The van der Waals surface area contributed by atoms with Crippen LogP contribution in [0.4, 0.5) is 4.39 Å². The number of ketones is 1. The van der Waals surface area contributed by atoms with Gasteiger partial charge in [-0.3, -0.25) is 4.79 Å². The van der Waals surface area contributed by atoms with Crippen molar-refractivity contribution in [2.24, 2.45) is 0 Å². The van der Waals surface area contributed by atoms with Gasteiger partial charge in [-0.2, -0.15) is 0 Å². The van der Waals surface area contributed by atoms with Crippen molar-refractivity contribution in [1.29, 1.82) is 0 Å². The molecule has 5 heteroatoms. The van der Waals surface area contributed by atoms with Crippen LogP contribution < -0.4 is 5.32 Å². The molecule has 0 aliphatic rings. The molecule has 0 unspecified atom stereocenters. The third-order valence-corrected chi connectivity index (χ3v) is 2.59. The van der Waals surface area contributed by atoms with E-state index in [-0.39, 0.29) is 27.4 Å². The van der Waals surface area contributed by atoms with Crippen LogP contribution in [0.2, 0.25) is 5.02 Å². The second kappa shape index (κ2) is 4.87. The molecule has 14 heavy (non-hydrogen) atoms. The molecular formula is C9H8BrClFNO. The lowest BCUT2D eigenvalue weighted by molar-refractivity contribution is 0.0990. The molecule has 0 radical (unpaired) electrons. The second-order valence-corrected chi connectivity index (χ2v) is 3.93. The number of carbonyl (C=O) groups excluding carboxylic acids is 1. The molecule has 0 aromatic heterocycles. The Bertz CT molecular complexity index is 370. The van der Waals surface area contributed by atoms with Gasteiger partial charge in [0, 0.05) is 0 Å². The van der Waals surface area contributed by atoms with Crippen molar-refractivity contribution in [3.05, 3.63) is 33.0 Å². The van der Waals surface area contributed by atoms with Gasteiger partial charge in [0.05, 0.1) is 21.6 Å². The Morgan fingerprint density at radius 1 is 1.64 bits per heavy atom. The average molecular weight is 281 g/mol. The van der Waals surface area contributed by atoms with E-state index in [1.54, 1.807) is 7.05 Å². The zero-order valence-corrected chi connectivity index (χ0v) is 9.75. The van der Waals surface area contributed by atoms with Crippen molar-refractivity contribution >= 4 is 33.3 Å². The average Bonchev–Trinajstić information content (AvgIpc) is 2.13. The first-order valence-electron chi connectivity index (χ1n) is 3.89. The zero-order valence-electron chi connectivity index (χ0n) is 7.40. The molecule has 1 aromatic rings. The molecule has 76 valence electrons. The first-order chi connectivity index (χ1) is 6.57. The SMILES string of the molecule is CNCC(=O)c1c(Cl)ccc(Br)c1F. The minimum Gasteiger partial charge on any atom is -0.313 e. The maximum absolute atomic E-state index is 13.5. The van der Waals surface area contributed by atoms with Crippen LogP contribution >= 0.6 is 27.5 Å². The van der Waals surface area contributed by atoms with Crippen molar-refractivity contribution in [3.8, 4) is 0 Å². The van der Waals surface area contributed by atoms with Gasteiger partial charge in [0.2, 0.25) is 0 Å². The summed E-state index contributed by atoms with van der Waals surface area (Å²) in [7, 11) is 1.61. The molecule has 0 amide bonds. The summed E-state index contributed by atoms with van der Waals surface area (Å²) in [4.78, 5) is 11.4. The van der Waals surface area contributed by atoms with Crippen molar-refractivity contribution in [2.75, 3.05) is 13.6 Å². The minimum absolute atomic E-state index is 0.0626. The van der Waals surface area contributed by atoms with Crippen molar-refractivity contribution < 1.29 is 9.18 Å². The highest BCUT2D eigenvalue weighted by Crippen LogP contribution is 2.25. The van der Waals surface area contributed by atoms with E-state index < -0.39 is 5.82 Å². The lowest BCUT2D eigenvalue weighted by atomic mass is 10.1. The lowest BCUT2D eigenvalue weighted by Gasteiger charge is -2.05.